The summed E-state index contributed by atoms with van der Waals surface area (Å²) < 4.78 is 18.0. The number of halogens is 1. The fraction of sp³-hybridized carbons (Fsp3) is 0.222. The van der Waals surface area contributed by atoms with E-state index in [1.165, 1.54) is 13.2 Å². The second kappa shape index (κ2) is 3.89. The van der Waals surface area contributed by atoms with E-state index < -0.39 is 12.1 Å². The summed E-state index contributed by atoms with van der Waals surface area (Å²) in [6, 6.07) is 6.35. The Hall–Kier alpha value is -1.58. The van der Waals surface area contributed by atoms with Gasteiger partial charge in [-0.2, -0.15) is 0 Å². The summed E-state index contributed by atoms with van der Waals surface area (Å²) >= 11 is 0. The van der Waals surface area contributed by atoms with Crippen molar-refractivity contribution in [3.63, 3.8) is 0 Å². The van der Waals surface area contributed by atoms with Crippen molar-refractivity contribution in [3.05, 3.63) is 29.8 Å². The highest BCUT2D eigenvalue weighted by Crippen LogP contribution is 2.26. The van der Waals surface area contributed by atoms with Crippen molar-refractivity contribution < 1.29 is 13.9 Å². The van der Waals surface area contributed by atoms with E-state index >= 15 is 0 Å². The fourth-order valence-corrected chi connectivity index (χ4v) is 1.03. The average Bonchev–Trinajstić information content (AvgIpc) is 2.16. The summed E-state index contributed by atoms with van der Waals surface area (Å²) in [6.45, 7) is 0. The van der Waals surface area contributed by atoms with E-state index in [1.54, 1.807) is 18.2 Å². The zero-order valence-electron chi connectivity index (χ0n) is 7.16. The summed E-state index contributed by atoms with van der Waals surface area (Å²) in [5.74, 6) is -0.682. The van der Waals surface area contributed by atoms with Gasteiger partial charge in [-0.05, 0) is 6.07 Å². The number of para-hydroxylation sites is 1. The first-order valence-corrected chi connectivity index (χ1v) is 3.73. The number of hydrogen-bond acceptors (Lipinski definition) is 2. The molecule has 1 amide bonds. The van der Waals surface area contributed by atoms with Gasteiger partial charge in [-0.15, -0.1) is 0 Å². The minimum Gasteiger partial charge on any atom is -0.496 e. The van der Waals surface area contributed by atoms with Crippen molar-refractivity contribution in [2.45, 2.75) is 6.17 Å². The van der Waals surface area contributed by atoms with Crippen molar-refractivity contribution in [2.75, 3.05) is 7.11 Å². The summed E-state index contributed by atoms with van der Waals surface area (Å²) in [5.41, 5.74) is 4.99. The van der Waals surface area contributed by atoms with Crippen LogP contribution in [0.1, 0.15) is 11.7 Å². The van der Waals surface area contributed by atoms with Crippen LogP contribution in [-0.4, -0.2) is 13.0 Å². The zero-order chi connectivity index (χ0) is 9.84. The lowest BCUT2D eigenvalue weighted by Gasteiger charge is -2.09. The molecule has 0 aliphatic carbocycles. The van der Waals surface area contributed by atoms with Crippen molar-refractivity contribution >= 4 is 5.91 Å². The van der Waals surface area contributed by atoms with Crippen LogP contribution >= 0.6 is 0 Å². The number of nitrogens with two attached hydrogens (primary N) is 1. The van der Waals surface area contributed by atoms with Crippen LogP contribution in [-0.2, 0) is 4.79 Å². The van der Waals surface area contributed by atoms with Crippen LogP contribution in [0.4, 0.5) is 4.39 Å². The molecule has 0 radical (unpaired) electrons. The molecule has 0 heterocycles. The Morgan fingerprint density at radius 1 is 1.54 bits per heavy atom. The molecule has 0 saturated carbocycles. The first-order valence-electron chi connectivity index (χ1n) is 3.73. The van der Waals surface area contributed by atoms with Crippen LogP contribution in [0.15, 0.2) is 24.3 Å². The molecular formula is C9H10FNO2. The molecule has 0 spiro atoms. The quantitative estimate of drug-likeness (QED) is 0.765. The minimum absolute atomic E-state index is 0.164. The van der Waals surface area contributed by atoms with Crippen molar-refractivity contribution in [1.29, 1.82) is 0 Å². The van der Waals surface area contributed by atoms with Crippen molar-refractivity contribution in [2.24, 2.45) is 5.73 Å². The van der Waals surface area contributed by atoms with Crippen LogP contribution in [0, 0.1) is 0 Å². The molecule has 13 heavy (non-hydrogen) atoms. The van der Waals surface area contributed by atoms with Gasteiger partial charge in [0, 0.05) is 5.56 Å². The highest BCUT2D eigenvalue weighted by atomic mass is 19.1. The molecule has 0 bridgehead atoms. The summed E-state index contributed by atoms with van der Waals surface area (Å²) in [5, 5.41) is 0. The molecule has 0 aromatic heterocycles. The van der Waals surface area contributed by atoms with Crippen molar-refractivity contribution in [3.8, 4) is 5.75 Å². The Morgan fingerprint density at radius 2 is 2.15 bits per heavy atom. The smallest absolute Gasteiger partial charge is 0.256 e. The van der Waals surface area contributed by atoms with E-state index in [1.807, 2.05) is 0 Å². The number of ether oxygens (including phenoxy) is 1. The Bertz CT molecular complexity index is 314. The summed E-state index contributed by atoms with van der Waals surface area (Å²) in [4.78, 5) is 10.6. The van der Waals surface area contributed by atoms with E-state index in [2.05, 4.69) is 0 Å². The maximum Gasteiger partial charge on any atom is 0.256 e. The normalized spacial score (nSPS) is 12.2. The number of alkyl halides is 1. The molecule has 4 heteroatoms. The summed E-state index contributed by atoms with van der Waals surface area (Å²) in [6.07, 6.45) is -1.81. The molecule has 1 aromatic rings. The van der Waals surface area contributed by atoms with Gasteiger partial charge in [0.05, 0.1) is 7.11 Å². The molecule has 0 fully saturated rings. The molecule has 1 unspecified atom stereocenters. The molecule has 1 atom stereocenters. The lowest BCUT2D eigenvalue weighted by Crippen LogP contribution is -2.18. The standard InChI is InChI=1S/C9H10FNO2/c1-13-7-5-3-2-4-6(7)8(10)9(11)12/h2-5,8H,1H3,(H2,11,12). The van der Waals surface area contributed by atoms with E-state index in [0.29, 0.717) is 5.75 Å². The average molecular weight is 183 g/mol. The van der Waals surface area contributed by atoms with Gasteiger partial charge in [0.25, 0.3) is 5.91 Å². The van der Waals surface area contributed by atoms with Crippen LogP contribution in [0.25, 0.3) is 0 Å². The molecule has 0 aliphatic rings. The molecular weight excluding hydrogens is 173 g/mol. The highest BCUT2D eigenvalue weighted by molar-refractivity contribution is 5.81. The van der Waals surface area contributed by atoms with E-state index in [-0.39, 0.29) is 5.56 Å². The molecule has 1 aromatic carbocycles. The number of rotatable bonds is 3. The Labute approximate surface area is 75.3 Å². The minimum atomic E-state index is -1.81. The predicted octanol–water partition coefficient (Wildman–Crippen LogP) is 1.19. The first kappa shape index (κ1) is 9.51. The van der Waals surface area contributed by atoms with Gasteiger partial charge >= 0.3 is 0 Å². The topological polar surface area (TPSA) is 52.3 Å². The van der Waals surface area contributed by atoms with E-state index in [9.17, 15) is 9.18 Å². The maximum atomic E-state index is 13.2. The SMILES string of the molecule is COc1ccccc1C(F)C(N)=O. The molecule has 1 rings (SSSR count). The fourth-order valence-electron chi connectivity index (χ4n) is 1.03. The third kappa shape index (κ3) is 1.96. The van der Waals surface area contributed by atoms with E-state index in [0.717, 1.165) is 0 Å². The lowest BCUT2D eigenvalue weighted by atomic mass is 10.1. The van der Waals surface area contributed by atoms with Crippen LogP contribution in [0.3, 0.4) is 0 Å². The number of benzene rings is 1. The van der Waals surface area contributed by atoms with E-state index in [4.69, 9.17) is 10.5 Å². The molecule has 0 saturated heterocycles. The van der Waals surface area contributed by atoms with Gasteiger partial charge in [-0.1, -0.05) is 18.2 Å². The van der Waals surface area contributed by atoms with Gasteiger partial charge in [0.15, 0.2) is 0 Å². The van der Waals surface area contributed by atoms with Crippen LogP contribution in [0.5, 0.6) is 5.75 Å². The van der Waals surface area contributed by atoms with Gasteiger partial charge in [0.1, 0.15) is 5.75 Å². The molecule has 3 nitrogen and oxygen atoms in total. The second-order valence-corrected chi connectivity index (χ2v) is 2.51. The number of hydrogen-bond donors (Lipinski definition) is 1. The summed E-state index contributed by atoms with van der Waals surface area (Å²) in [7, 11) is 1.41. The first-order chi connectivity index (χ1) is 6.16. The number of amides is 1. The zero-order valence-corrected chi connectivity index (χ0v) is 7.16. The maximum absolute atomic E-state index is 13.2. The lowest BCUT2D eigenvalue weighted by molar-refractivity contribution is -0.122. The number of carbonyl (C=O) groups is 1. The third-order valence-electron chi connectivity index (χ3n) is 1.66. The molecule has 70 valence electrons. The second-order valence-electron chi connectivity index (χ2n) is 2.51. The van der Waals surface area contributed by atoms with Gasteiger partial charge in [-0.25, -0.2) is 4.39 Å². The predicted molar refractivity (Wildman–Crippen MR) is 46.0 cm³/mol. The number of methoxy groups -OCH3 is 1. The molecule has 2 N–H and O–H groups in total. The third-order valence-corrected chi connectivity index (χ3v) is 1.66. The molecule has 0 aliphatic heterocycles. The largest absolute Gasteiger partial charge is 0.496 e. The van der Waals surface area contributed by atoms with Gasteiger partial charge in [0.2, 0.25) is 6.17 Å². The van der Waals surface area contributed by atoms with Gasteiger partial charge in [-0.3, -0.25) is 4.79 Å². The monoisotopic (exact) mass is 183 g/mol. The van der Waals surface area contributed by atoms with Gasteiger partial charge < -0.3 is 10.5 Å². The highest BCUT2D eigenvalue weighted by Gasteiger charge is 2.19. The Balaban J connectivity index is 3.05. The van der Waals surface area contributed by atoms with Crippen molar-refractivity contribution in [1.82, 2.24) is 0 Å². The Kier molecular flexibility index (Phi) is 2.84. The van der Waals surface area contributed by atoms with Crippen LogP contribution in [0.2, 0.25) is 0 Å². The van der Waals surface area contributed by atoms with Crippen LogP contribution < -0.4 is 10.5 Å². The number of primary amides is 1. The Morgan fingerprint density at radius 3 is 2.69 bits per heavy atom. The number of carbonyl (C=O) groups excluding carboxylic acids is 1.